The van der Waals surface area contributed by atoms with Crippen molar-refractivity contribution in [3.8, 4) is 0 Å². The van der Waals surface area contributed by atoms with E-state index in [-0.39, 0.29) is 24.3 Å². The molecule has 0 aliphatic carbocycles. The van der Waals surface area contributed by atoms with Crippen LogP contribution in [0.1, 0.15) is 17.3 Å². The van der Waals surface area contributed by atoms with Gasteiger partial charge in [0.15, 0.2) is 11.6 Å². The smallest absolute Gasteiger partial charge is 0.256 e. The standard InChI is InChI=1S/C19H17F3IN3O4/c1-10(7-26(29)30)19(28)8-25(9-19)18(27)12-3-4-13(20)16(22)17(12)24-15-5-2-11(23)6-14(15)21/h2-6,10,24,28H,7-9H2,1H3. The van der Waals surface area contributed by atoms with Gasteiger partial charge in [0.05, 0.1) is 35.9 Å². The van der Waals surface area contributed by atoms with Gasteiger partial charge in [0.2, 0.25) is 6.54 Å². The van der Waals surface area contributed by atoms with Gasteiger partial charge in [0, 0.05) is 8.49 Å². The minimum Gasteiger partial charge on any atom is -0.386 e. The molecule has 0 aromatic heterocycles. The van der Waals surface area contributed by atoms with Crippen molar-refractivity contribution in [2.24, 2.45) is 5.92 Å². The molecule has 0 spiro atoms. The van der Waals surface area contributed by atoms with E-state index in [0.717, 1.165) is 12.1 Å². The first-order valence-corrected chi connectivity index (χ1v) is 9.93. The third-order valence-electron chi connectivity index (χ3n) is 5.07. The monoisotopic (exact) mass is 535 g/mol. The summed E-state index contributed by atoms with van der Waals surface area (Å²) in [5.41, 5.74) is -2.38. The van der Waals surface area contributed by atoms with Crippen LogP contribution in [0.25, 0.3) is 0 Å². The highest BCUT2D eigenvalue weighted by Gasteiger charge is 2.49. The van der Waals surface area contributed by atoms with E-state index in [1.54, 1.807) is 6.07 Å². The molecule has 1 unspecified atom stereocenters. The van der Waals surface area contributed by atoms with Crippen molar-refractivity contribution in [2.75, 3.05) is 25.0 Å². The normalized spacial score (nSPS) is 16.0. The molecule has 11 heteroatoms. The number of nitrogens with one attached hydrogen (secondary N) is 1. The number of β-amino-alcohol motifs (C(OH)–C–C–N with tert-alkyl or cyclic N) is 1. The summed E-state index contributed by atoms with van der Waals surface area (Å²) in [6.45, 7) is 0.631. The van der Waals surface area contributed by atoms with Crippen LogP contribution in [0.4, 0.5) is 24.5 Å². The number of carbonyl (C=O) groups is 1. The second-order valence-corrected chi connectivity index (χ2v) is 8.46. The summed E-state index contributed by atoms with van der Waals surface area (Å²) in [6.07, 6.45) is 0. The summed E-state index contributed by atoms with van der Waals surface area (Å²) in [4.78, 5) is 24.1. The molecule has 2 N–H and O–H groups in total. The zero-order valence-corrected chi connectivity index (χ0v) is 17.8. The summed E-state index contributed by atoms with van der Waals surface area (Å²) in [5.74, 6) is -4.72. The molecule has 1 aliphatic heterocycles. The average Bonchev–Trinajstić information content (AvgIpc) is 2.63. The lowest BCUT2D eigenvalue weighted by atomic mass is 9.81. The lowest BCUT2D eigenvalue weighted by molar-refractivity contribution is -0.493. The van der Waals surface area contributed by atoms with Crippen LogP contribution in [0.15, 0.2) is 30.3 Å². The Hall–Kier alpha value is -2.41. The van der Waals surface area contributed by atoms with Crippen LogP contribution in [-0.2, 0) is 0 Å². The number of carbonyl (C=O) groups excluding carboxylic acids is 1. The lowest BCUT2D eigenvalue weighted by Gasteiger charge is -2.48. The van der Waals surface area contributed by atoms with Crippen LogP contribution in [0.2, 0.25) is 0 Å². The Morgan fingerprint density at radius 3 is 2.57 bits per heavy atom. The number of hydrogen-bond donors (Lipinski definition) is 2. The van der Waals surface area contributed by atoms with Crippen molar-refractivity contribution in [2.45, 2.75) is 12.5 Å². The number of halogens is 4. The SMILES string of the molecule is CC(C[N+](=O)[O-])C1(O)CN(C(=O)c2ccc(F)c(F)c2Nc2ccc(I)cc2F)C1. The molecule has 2 aromatic rings. The molecular weight excluding hydrogens is 518 g/mol. The van der Waals surface area contributed by atoms with Crippen LogP contribution in [0.3, 0.4) is 0 Å². The van der Waals surface area contributed by atoms with Gasteiger partial charge in [-0.15, -0.1) is 0 Å². The third kappa shape index (κ3) is 4.36. The second-order valence-electron chi connectivity index (χ2n) is 7.21. The molecule has 30 heavy (non-hydrogen) atoms. The van der Waals surface area contributed by atoms with Gasteiger partial charge >= 0.3 is 0 Å². The van der Waals surface area contributed by atoms with Gasteiger partial charge in [-0.05, 0) is 52.9 Å². The number of rotatable bonds is 6. The van der Waals surface area contributed by atoms with Crippen molar-refractivity contribution in [1.29, 1.82) is 0 Å². The van der Waals surface area contributed by atoms with Crippen molar-refractivity contribution >= 4 is 39.9 Å². The van der Waals surface area contributed by atoms with E-state index in [2.05, 4.69) is 5.32 Å². The van der Waals surface area contributed by atoms with E-state index in [0.29, 0.717) is 3.57 Å². The van der Waals surface area contributed by atoms with E-state index < -0.39 is 52.0 Å². The largest absolute Gasteiger partial charge is 0.386 e. The fourth-order valence-corrected chi connectivity index (χ4v) is 3.66. The molecule has 0 bridgehead atoms. The number of amides is 1. The molecule has 2 aromatic carbocycles. The zero-order chi connectivity index (χ0) is 22.2. The third-order valence-corrected chi connectivity index (χ3v) is 5.74. The molecule has 0 saturated carbocycles. The van der Waals surface area contributed by atoms with Crippen molar-refractivity contribution in [1.82, 2.24) is 4.90 Å². The maximum Gasteiger partial charge on any atom is 0.256 e. The predicted octanol–water partition coefficient (Wildman–Crippen LogP) is 3.55. The maximum absolute atomic E-state index is 14.5. The summed E-state index contributed by atoms with van der Waals surface area (Å²) >= 11 is 1.89. The molecule has 3 rings (SSSR count). The topological polar surface area (TPSA) is 95.7 Å². The number of likely N-dealkylation sites (tertiary alicyclic amines) is 1. The summed E-state index contributed by atoms with van der Waals surface area (Å²) in [7, 11) is 0. The Labute approximate surface area is 183 Å². The van der Waals surface area contributed by atoms with Crippen LogP contribution in [-0.4, -0.2) is 46.1 Å². The first-order valence-electron chi connectivity index (χ1n) is 8.85. The number of benzene rings is 2. The Balaban J connectivity index is 1.85. The molecule has 7 nitrogen and oxygen atoms in total. The molecule has 160 valence electrons. The number of anilines is 2. The van der Waals surface area contributed by atoms with Crippen LogP contribution in [0, 0.1) is 37.1 Å². The zero-order valence-electron chi connectivity index (χ0n) is 15.7. The molecule has 1 saturated heterocycles. The van der Waals surface area contributed by atoms with E-state index in [1.165, 1.54) is 24.0 Å². The van der Waals surface area contributed by atoms with Crippen LogP contribution in [0.5, 0.6) is 0 Å². The molecule has 1 aliphatic rings. The van der Waals surface area contributed by atoms with Crippen LogP contribution >= 0.6 is 22.6 Å². The van der Waals surface area contributed by atoms with E-state index in [4.69, 9.17) is 0 Å². The molecule has 1 atom stereocenters. The highest BCUT2D eigenvalue weighted by molar-refractivity contribution is 14.1. The Morgan fingerprint density at radius 1 is 1.30 bits per heavy atom. The minimum absolute atomic E-state index is 0.145. The van der Waals surface area contributed by atoms with Gasteiger partial charge in [-0.1, -0.05) is 6.92 Å². The fourth-order valence-electron chi connectivity index (χ4n) is 3.21. The fraction of sp³-hybridized carbons (Fsp3) is 0.316. The molecule has 1 amide bonds. The highest BCUT2D eigenvalue weighted by atomic mass is 127. The number of hydrogen-bond acceptors (Lipinski definition) is 5. The van der Waals surface area contributed by atoms with E-state index in [1.807, 2.05) is 22.6 Å². The number of aliphatic hydroxyl groups is 1. The maximum atomic E-state index is 14.5. The van der Waals surface area contributed by atoms with E-state index >= 15 is 0 Å². The summed E-state index contributed by atoms with van der Waals surface area (Å²) < 4.78 is 43.0. The number of nitrogens with zero attached hydrogens (tertiary/aromatic N) is 2. The summed E-state index contributed by atoms with van der Waals surface area (Å²) in [5, 5.41) is 23.6. The Morgan fingerprint density at radius 2 is 1.97 bits per heavy atom. The van der Waals surface area contributed by atoms with Gasteiger partial charge in [0.1, 0.15) is 11.4 Å². The van der Waals surface area contributed by atoms with Gasteiger partial charge in [0.25, 0.3) is 5.91 Å². The number of nitro groups is 1. The summed E-state index contributed by atoms with van der Waals surface area (Å²) in [6, 6.07) is 5.91. The van der Waals surface area contributed by atoms with E-state index in [9.17, 15) is 33.2 Å². The molecule has 1 fully saturated rings. The van der Waals surface area contributed by atoms with Gasteiger partial charge in [-0.25, -0.2) is 13.2 Å². The predicted molar refractivity (Wildman–Crippen MR) is 111 cm³/mol. The van der Waals surface area contributed by atoms with Gasteiger partial charge in [-0.2, -0.15) is 0 Å². The Bertz CT molecular complexity index is 1010. The first kappa shape index (κ1) is 22.3. The molecular formula is C19H17F3IN3O4. The highest BCUT2D eigenvalue weighted by Crippen LogP contribution is 2.34. The van der Waals surface area contributed by atoms with Crippen molar-refractivity contribution < 1.29 is 28.0 Å². The van der Waals surface area contributed by atoms with Gasteiger partial charge < -0.3 is 15.3 Å². The van der Waals surface area contributed by atoms with Crippen molar-refractivity contribution in [3.05, 3.63) is 67.0 Å². The van der Waals surface area contributed by atoms with Crippen molar-refractivity contribution in [3.63, 3.8) is 0 Å². The second kappa shape index (κ2) is 8.38. The molecule has 0 radical (unpaired) electrons. The van der Waals surface area contributed by atoms with Gasteiger partial charge in [-0.3, -0.25) is 14.9 Å². The molecule has 1 heterocycles. The minimum atomic E-state index is -1.45. The lowest BCUT2D eigenvalue weighted by Crippen LogP contribution is -2.67. The average molecular weight is 535 g/mol. The Kier molecular flexibility index (Phi) is 6.22. The van der Waals surface area contributed by atoms with Crippen LogP contribution < -0.4 is 5.32 Å². The quantitative estimate of drug-likeness (QED) is 0.335. The first-order chi connectivity index (χ1) is 14.0.